The Bertz CT molecular complexity index is 516. The molecule has 0 aromatic heterocycles. The molecule has 0 spiro atoms. The second kappa shape index (κ2) is 6.95. The van der Waals surface area contributed by atoms with Crippen molar-refractivity contribution in [1.82, 2.24) is 0 Å². The van der Waals surface area contributed by atoms with Crippen LogP contribution in [-0.4, -0.2) is 19.0 Å². The molecule has 3 atom stereocenters. The Hall–Kier alpha value is -1.84. The van der Waals surface area contributed by atoms with Gasteiger partial charge in [0.1, 0.15) is 12.0 Å². The van der Waals surface area contributed by atoms with E-state index in [9.17, 15) is 4.79 Å². The molecule has 120 valence electrons. The van der Waals surface area contributed by atoms with Gasteiger partial charge >= 0.3 is 5.97 Å². The van der Waals surface area contributed by atoms with Crippen molar-refractivity contribution in [3.05, 3.63) is 35.9 Å². The first kappa shape index (κ1) is 16.5. The number of methoxy groups -OCH3 is 1. The van der Waals surface area contributed by atoms with Crippen molar-refractivity contribution in [2.24, 2.45) is 17.3 Å². The van der Waals surface area contributed by atoms with E-state index in [1.165, 1.54) is 7.11 Å². The summed E-state index contributed by atoms with van der Waals surface area (Å²) in [4.78, 5) is 12.4. The third-order valence-corrected chi connectivity index (χ3v) is 4.44. The van der Waals surface area contributed by atoms with Crippen LogP contribution in [-0.2, 0) is 20.9 Å². The van der Waals surface area contributed by atoms with Crippen LogP contribution in [0.2, 0.25) is 0 Å². The summed E-state index contributed by atoms with van der Waals surface area (Å²) in [5.74, 6) is 0.456. The summed E-state index contributed by atoms with van der Waals surface area (Å²) in [6.45, 7) is 4.55. The van der Waals surface area contributed by atoms with Crippen molar-refractivity contribution in [2.75, 3.05) is 7.11 Å². The lowest BCUT2D eigenvalue weighted by Crippen LogP contribution is -2.46. The van der Waals surface area contributed by atoms with E-state index in [-0.39, 0.29) is 11.9 Å². The molecular formula is C18H25NO3. The van der Waals surface area contributed by atoms with Gasteiger partial charge in [-0.05, 0) is 36.7 Å². The van der Waals surface area contributed by atoms with Crippen molar-refractivity contribution in [2.45, 2.75) is 39.7 Å². The Labute approximate surface area is 132 Å². The van der Waals surface area contributed by atoms with Crippen LogP contribution in [0.4, 0.5) is 0 Å². The molecule has 2 rings (SSSR count). The van der Waals surface area contributed by atoms with E-state index >= 15 is 0 Å². The highest BCUT2D eigenvalue weighted by Gasteiger charge is 2.50. The average Bonchev–Trinajstić information content (AvgIpc) is 2.51. The third kappa shape index (κ3) is 3.49. The fourth-order valence-corrected chi connectivity index (χ4v) is 3.63. The van der Waals surface area contributed by atoms with Gasteiger partial charge in [0.2, 0.25) is 0 Å². The van der Waals surface area contributed by atoms with Crippen LogP contribution >= 0.6 is 0 Å². The average molecular weight is 303 g/mol. The van der Waals surface area contributed by atoms with E-state index in [1.807, 2.05) is 30.3 Å². The Morgan fingerprint density at radius 2 is 1.82 bits per heavy atom. The van der Waals surface area contributed by atoms with Crippen LogP contribution in [0.5, 0.6) is 0 Å². The maximum absolute atomic E-state index is 12.4. The van der Waals surface area contributed by atoms with Crippen molar-refractivity contribution in [1.29, 1.82) is 5.41 Å². The molecule has 1 unspecified atom stereocenters. The zero-order valence-electron chi connectivity index (χ0n) is 13.6. The standard InChI is InChI=1S/C18H25NO3/c1-13-9-14(2)11-18(10-13,17(20)21-3)16(19)22-12-15-7-5-4-6-8-15/h4-8,13-14,19H,9-12H2,1-3H3/t13-,14+,18?. The molecule has 1 aliphatic carbocycles. The lowest BCUT2D eigenvalue weighted by Gasteiger charge is -2.40. The second-order valence-electron chi connectivity index (χ2n) is 6.53. The number of benzene rings is 1. The molecular weight excluding hydrogens is 278 g/mol. The lowest BCUT2D eigenvalue weighted by atomic mass is 9.66. The Kier molecular flexibility index (Phi) is 5.22. The fraction of sp³-hybridized carbons (Fsp3) is 0.556. The predicted molar refractivity (Wildman–Crippen MR) is 85.6 cm³/mol. The molecule has 0 heterocycles. The van der Waals surface area contributed by atoms with E-state index in [1.54, 1.807) is 0 Å². The highest BCUT2D eigenvalue weighted by Crippen LogP contribution is 2.44. The van der Waals surface area contributed by atoms with Crippen LogP contribution in [0.1, 0.15) is 38.7 Å². The first-order valence-corrected chi connectivity index (χ1v) is 7.82. The van der Waals surface area contributed by atoms with Gasteiger partial charge in [0.15, 0.2) is 5.90 Å². The predicted octanol–water partition coefficient (Wildman–Crippen LogP) is 3.80. The van der Waals surface area contributed by atoms with E-state index in [0.29, 0.717) is 31.3 Å². The highest BCUT2D eigenvalue weighted by atomic mass is 16.5. The summed E-state index contributed by atoms with van der Waals surface area (Å²) in [6.07, 6.45) is 2.32. The number of hydrogen-bond acceptors (Lipinski definition) is 4. The lowest BCUT2D eigenvalue weighted by molar-refractivity contribution is -0.152. The molecule has 1 aliphatic rings. The first-order valence-electron chi connectivity index (χ1n) is 7.82. The van der Waals surface area contributed by atoms with Crippen molar-refractivity contribution in [3.8, 4) is 0 Å². The Morgan fingerprint density at radius 3 is 2.36 bits per heavy atom. The van der Waals surface area contributed by atoms with E-state index < -0.39 is 5.41 Å². The number of esters is 1. The molecule has 1 aromatic carbocycles. The molecule has 0 amide bonds. The molecule has 22 heavy (non-hydrogen) atoms. The Morgan fingerprint density at radius 1 is 1.23 bits per heavy atom. The SMILES string of the molecule is COC(=O)C1(C(=N)OCc2ccccc2)C[C@H](C)C[C@H](C)C1. The number of rotatable bonds is 4. The quantitative estimate of drug-likeness (QED) is 0.523. The summed E-state index contributed by atoms with van der Waals surface area (Å²) in [5, 5.41) is 8.37. The monoisotopic (exact) mass is 303 g/mol. The second-order valence-corrected chi connectivity index (χ2v) is 6.53. The van der Waals surface area contributed by atoms with Crippen LogP contribution in [0, 0.1) is 22.7 Å². The van der Waals surface area contributed by atoms with E-state index in [4.69, 9.17) is 14.9 Å². The number of ether oxygens (including phenoxy) is 2. The topological polar surface area (TPSA) is 59.4 Å². The molecule has 4 nitrogen and oxygen atoms in total. The summed E-state index contributed by atoms with van der Waals surface area (Å²) < 4.78 is 10.7. The molecule has 0 saturated heterocycles. The van der Waals surface area contributed by atoms with Gasteiger partial charge in [-0.1, -0.05) is 44.2 Å². The molecule has 4 heteroatoms. The minimum absolute atomic E-state index is 0.0432. The van der Waals surface area contributed by atoms with Gasteiger partial charge in [-0.15, -0.1) is 0 Å². The van der Waals surface area contributed by atoms with Gasteiger partial charge < -0.3 is 9.47 Å². The van der Waals surface area contributed by atoms with Gasteiger partial charge in [-0.25, -0.2) is 0 Å². The normalized spacial score (nSPS) is 28.0. The van der Waals surface area contributed by atoms with E-state index in [0.717, 1.165) is 12.0 Å². The van der Waals surface area contributed by atoms with Gasteiger partial charge in [0, 0.05) is 0 Å². The molecule has 1 saturated carbocycles. The Balaban J connectivity index is 2.14. The molecule has 1 N–H and O–H groups in total. The third-order valence-electron chi connectivity index (χ3n) is 4.44. The summed E-state index contributed by atoms with van der Waals surface area (Å²) >= 11 is 0. The number of hydrogen-bond donors (Lipinski definition) is 1. The van der Waals surface area contributed by atoms with Gasteiger partial charge in [-0.3, -0.25) is 10.2 Å². The summed E-state index contributed by atoms with van der Waals surface area (Å²) in [6, 6.07) is 9.70. The largest absolute Gasteiger partial charge is 0.475 e. The molecule has 0 radical (unpaired) electrons. The van der Waals surface area contributed by atoms with Crippen LogP contribution in [0.15, 0.2) is 30.3 Å². The molecule has 0 aliphatic heterocycles. The van der Waals surface area contributed by atoms with Gasteiger partial charge in [-0.2, -0.15) is 0 Å². The zero-order valence-corrected chi connectivity index (χ0v) is 13.6. The fourth-order valence-electron chi connectivity index (χ4n) is 3.63. The van der Waals surface area contributed by atoms with Gasteiger partial charge in [0.25, 0.3) is 0 Å². The van der Waals surface area contributed by atoms with Crippen molar-refractivity contribution in [3.63, 3.8) is 0 Å². The first-order chi connectivity index (χ1) is 10.5. The van der Waals surface area contributed by atoms with E-state index in [2.05, 4.69) is 13.8 Å². The summed E-state index contributed by atoms with van der Waals surface area (Å²) in [5.41, 5.74) is 0.0600. The minimum atomic E-state index is -0.930. The van der Waals surface area contributed by atoms with Crippen LogP contribution in [0.3, 0.4) is 0 Å². The number of carbonyl (C=O) groups excluding carboxylic acids is 1. The molecule has 1 aromatic rings. The highest BCUT2D eigenvalue weighted by molar-refractivity contribution is 6.01. The van der Waals surface area contributed by atoms with Crippen LogP contribution in [0.25, 0.3) is 0 Å². The molecule has 1 fully saturated rings. The maximum Gasteiger partial charge on any atom is 0.321 e. The maximum atomic E-state index is 12.4. The number of nitrogens with one attached hydrogen (secondary N) is 1. The zero-order chi connectivity index (χ0) is 16.2. The summed E-state index contributed by atoms with van der Waals surface area (Å²) in [7, 11) is 1.39. The van der Waals surface area contributed by atoms with Crippen LogP contribution < -0.4 is 0 Å². The van der Waals surface area contributed by atoms with Crippen molar-refractivity contribution >= 4 is 11.9 Å². The minimum Gasteiger partial charge on any atom is -0.475 e. The van der Waals surface area contributed by atoms with Gasteiger partial charge in [0.05, 0.1) is 7.11 Å². The smallest absolute Gasteiger partial charge is 0.321 e. The number of carbonyl (C=O) groups is 1. The molecule has 0 bridgehead atoms. The van der Waals surface area contributed by atoms with Crippen molar-refractivity contribution < 1.29 is 14.3 Å².